The molecule has 5 nitrogen and oxygen atoms in total. The van der Waals surface area contributed by atoms with E-state index in [-0.39, 0.29) is 10.9 Å². The van der Waals surface area contributed by atoms with Crippen LogP contribution in [0.4, 0.5) is 0 Å². The first-order chi connectivity index (χ1) is 9.99. The van der Waals surface area contributed by atoms with Crippen molar-refractivity contribution in [3.63, 3.8) is 0 Å². The van der Waals surface area contributed by atoms with Gasteiger partial charge in [-0.05, 0) is 65.5 Å². The standard InChI is InChI=1S/C14H20BrN3O2S/c15-12-7-10(8-16)1-2-14(12)21(19,20)17-13-9-18-5-3-11(13)4-6-18/h1-2,7,11,13,17H,3-6,8-9,16H2. The fourth-order valence-corrected chi connectivity index (χ4v) is 5.67. The smallest absolute Gasteiger partial charge is 0.241 e. The molecular weight excluding hydrogens is 354 g/mol. The Morgan fingerprint density at radius 1 is 1.33 bits per heavy atom. The van der Waals surface area contributed by atoms with Crippen molar-refractivity contribution in [3.8, 4) is 0 Å². The average molecular weight is 374 g/mol. The molecule has 1 unspecified atom stereocenters. The Morgan fingerprint density at radius 2 is 2.05 bits per heavy atom. The third-order valence-corrected chi connectivity index (χ3v) is 6.95. The molecule has 3 fully saturated rings. The van der Waals surface area contributed by atoms with Crippen molar-refractivity contribution in [1.29, 1.82) is 0 Å². The van der Waals surface area contributed by atoms with Crippen molar-refractivity contribution in [1.82, 2.24) is 9.62 Å². The van der Waals surface area contributed by atoms with E-state index >= 15 is 0 Å². The highest BCUT2D eigenvalue weighted by Gasteiger charge is 2.36. The summed E-state index contributed by atoms with van der Waals surface area (Å²) in [5.41, 5.74) is 6.48. The Morgan fingerprint density at radius 3 is 2.57 bits per heavy atom. The van der Waals surface area contributed by atoms with Gasteiger partial charge in [0.25, 0.3) is 0 Å². The molecule has 3 heterocycles. The summed E-state index contributed by atoms with van der Waals surface area (Å²) in [4.78, 5) is 2.62. The van der Waals surface area contributed by atoms with Gasteiger partial charge in [0, 0.05) is 23.6 Å². The zero-order chi connectivity index (χ0) is 15.0. The Bertz CT molecular complexity index is 627. The van der Waals surface area contributed by atoms with Crippen LogP contribution in [-0.2, 0) is 16.6 Å². The third kappa shape index (κ3) is 3.17. The first-order valence-corrected chi connectivity index (χ1v) is 9.50. The Hall–Kier alpha value is -0.470. The van der Waals surface area contributed by atoms with Gasteiger partial charge in [0.05, 0.1) is 4.90 Å². The van der Waals surface area contributed by atoms with Crippen LogP contribution in [0.15, 0.2) is 27.6 Å². The number of benzene rings is 1. The minimum absolute atomic E-state index is 0.0265. The largest absolute Gasteiger partial charge is 0.326 e. The van der Waals surface area contributed by atoms with Crippen molar-refractivity contribution in [3.05, 3.63) is 28.2 Å². The van der Waals surface area contributed by atoms with E-state index in [1.807, 2.05) is 0 Å². The molecule has 0 saturated carbocycles. The number of nitrogens with two attached hydrogens (primary N) is 1. The van der Waals surface area contributed by atoms with E-state index in [0.717, 1.165) is 38.0 Å². The summed E-state index contributed by atoms with van der Waals surface area (Å²) in [7, 11) is -3.50. The van der Waals surface area contributed by atoms with Gasteiger partial charge in [-0.2, -0.15) is 0 Å². The number of sulfonamides is 1. The highest BCUT2D eigenvalue weighted by Crippen LogP contribution is 2.30. The zero-order valence-corrected chi connectivity index (χ0v) is 14.2. The lowest BCUT2D eigenvalue weighted by Gasteiger charge is -2.44. The topological polar surface area (TPSA) is 75.4 Å². The fraction of sp³-hybridized carbons (Fsp3) is 0.571. The molecule has 0 radical (unpaired) electrons. The summed E-state index contributed by atoms with van der Waals surface area (Å²) >= 11 is 3.34. The lowest BCUT2D eigenvalue weighted by Crippen LogP contribution is -2.57. The molecule has 2 bridgehead atoms. The highest BCUT2D eigenvalue weighted by molar-refractivity contribution is 9.10. The number of halogens is 1. The summed E-state index contributed by atoms with van der Waals surface area (Å²) in [6.45, 7) is 3.41. The van der Waals surface area contributed by atoms with Gasteiger partial charge in [0.2, 0.25) is 10.0 Å². The van der Waals surface area contributed by atoms with Gasteiger partial charge in [-0.25, -0.2) is 13.1 Å². The van der Waals surface area contributed by atoms with Crippen LogP contribution in [-0.4, -0.2) is 39.0 Å². The SMILES string of the molecule is NCc1ccc(S(=O)(=O)NC2CN3CCC2CC3)c(Br)c1. The van der Waals surface area contributed by atoms with Gasteiger partial charge >= 0.3 is 0 Å². The average Bonchev–Trinajstić information content (AvgIpc) is 2.47. The Balaban J connectivity index is 1.81. The maximum atomic E-state index is 12.6. The monoisotopic (exact) mass is 373 g/mol. The van der Waals surface area contributed by atoms with Crippen LogP contribution >= 0.6 is 15.9 Å². The predicted molar refractivity (Wildman–Crippen MR) is 85.3 cm³/mol. The first-order valence-electron chi connectivity index (χ1n) is 7.23. The number of hydrogen-bond acceptors (Lipinski definition) is 4. The Labute approximate surface area is 134 Å². The zero-order valence-electron chi connectivity index (χ0n) is 11.8. The molecule has 3 aliphatic rings. The van der Waals surface area contributed by atoms with E-state index in [0.29, 0.717) is 16.9 Å². The summed E-state index contributed by atoms with van der Waals surface area (Å²) in [6.07, 6.45) is 2.17. The molecule has 0 spiro atoms. The first kappa shape index (κ1) is 15.4. The molecule has 7 heteroatoms. The van der Waals surface area contributed by atoms with Crippen LogP contribution in [0.3, 0.4) is 0 Å². The number of fused-ring (bicyclic) bond motifs is 3. The minimum atomic E-state index is -3.50. The molecule has 0 aliphatic carbocycles. The summed E-state index contributed by atoms with van der Waals surface area (Å²) in [5, 5.41) is 0. The van der Waals surface area contributed by atoms with E-state index < -0.39 is 10.0 Å². The van der Waals surface area contributed by atoms with Crippen LogP contribution < -0.4 is 10.5 Å². The van der Waals surface area contributed by atoms with Crippen molar-refractivity contribution in [2.75, 3.05) is 19.6 Å². The molecule has 116 valence electrons. The van der Waals surface area contributed by atoms with Gasteiger partial charge < -0.3 is 10.6 Å². The van der Waals surface area contributed by atoms with E-state index in [9.17, 15) is 8.42 Å². The second kappa shape index (κ2) is 5.96. The number of nitrogens with one attached hydrogen (secondary N) is 1. The van der Waals surface area contributed by atoms with Gasteiger partial charge in [-0.3, -0.25) is 0 Å². The van der Waals surface area contributed by atoms with Crippen LogP contribution in [0.1, 0.15) is 18.4 Å². The molecule has 4 rings (SSSR count). The second-order valence-corrected chi connectivity index (χ2v) is 8.37. The number of hydrogen-bond donors (Lipinski definition) is 2. The molecule has 1 atom stereocenters. The maximum absolute atomic E-state index is 12.6. The van der Waals surface area contributed by atoms with Crippen molar-refractivity contribution in [2.45, 2.75) is 30.3 Å². The molecule has 1 aromatic carbocycles. The molecule has 3 aliphatic heterocycles. The predicted octanol–water partition coefficient (Wildman–Crippen LogP) is 1.28. The molecule has 1 aromatic rings. The molecule has 0 aromatic heterocycles. The highest BCUT2D eigenvalue weighted by atomic mass is 79.9. The van der Waals surface area contributed by atoms with Gasteiger partial charge in [0.15, 0.2) is 0 Å². The van der Waals surface area contributed by atoms with Gasteiger partial charge in [-0.1, -0.05) is 6.07 Å². The van der Waals surface area contributed by atoms with Crippen LogP contribution in [0.5, 0.6) is 0 Å². The van der Waals surface area contributed by atoms with Gasteiger partial charge in [0.1, 0.15) is 0 Å². The van der Waals surface area contributed by atoms with E-state index in [1.54, 1.807) is 18.2 Å². The maximum Gasteiger partial charge on any atom is 0.241 e. The fourth-order valence-electron chi connectivity index (χ4n) is 3.25. The van der Waals surface area contributed by atoms with Crippen LogP contribution in [0.2, 0.25) is 0 Å². The van der Waals surface area contributed by atoms with Crippen molar-refractivity contribution < 1.29 is 8.42 Å². The normalized spacial score (nSPS) is 28.8. The number of rotatable bonds is 4. The Kier molecular flexibility index (Phi) is 4.38. The van der Waals surface area contributed by atoms with Crippen molar-refractivity contribution in [2.24, 2.45) is 11.7 Å². The summed E-state index contributed by atoms with van der Waals surface area (Å²) in [6, 6.07) is 5.18. The molecule has 3 saturated heterocycles. The molecular formula is C14H20BrN3O2S. The van der Waals surface area contributed by atoms with Crippen LogP contribution in [0.25, 0.3) is 0 Å². The molecule has 3 N–H and O–H groups in total. The lowest BCUT2D eigenvalue weighted by molar-refractivity contribution is 0.0827. The second-order valence-electron chi connectivity index (χ2n) is 5.83. The van der Waals surface area contributed by atoms with Crippen LogP contribution in [0, 0.1) is 5.92 Å². The minimum Gasteiger partial charge on any atom is -0.326 e. The summed E-state index contributed by atoms with van der Waals surface area (Å²) in [5.74, 6) is 0.465. The van der Waals surface area contributed by atoms with Crippen molar-refractivity contribution >= 4 is 26.0 Å². The van der Waals surface area contributed by atoms with E-state index in [1.165, 1.54) is 0 Å². The van der Waals surface area contributed by atoms with Gasteiger partial charge in [-0.15, -0.1) is 0 Å². The molecule has 21 heavy (non-hydrogen) atoms. The number of nitrogens with zero attached hydrogens (tertiary/aromatic N) is 1. The van der Waals surface area contributed by atoms with E-state index in [2.05, 4.69) is 25.6 Å². The quantitative estimate of drug-likeness (QED) is 0.833. The number of piperidine rings is 3. The van der Waals surface area contributed by atoms with E-state index in [4.69, 9.17) is 5.73 Å². The third-order valence-electron chi connectivity index (χ3n) is 4.48. The lowest BCUT2D eigenvalue weighted by atomic mass is 9.85. The molecule has 0 amide bonds. The summed E-state index contributed by atoms with van der Waals surface area (Å²) < 4.78 is 28.7.